The summed E-state index contributed by atoms with van der Waals surface area (Å²) in [5, 5.41) is 0. The van der Waals surface area contributed by atoms with E-state index in [1.807, 2.05) is 24.3 Å². The van der Waals surface area contributed by atoms with Crippen molar-refractivity contribution in [3.05, 3.63) is 69.3 Å². The van der Waals surface area contributed by atoms with E-state index in [-0.39, 0.29) is 11.7 Å². The van der Waals surface area contributed by atoms with E-state index in [0.717, 1.165) is 10.0 Å². The first-order valence-corrected chi connectivity index (χ1v) is 9.38. The molecule has 0 radical (unpaired) electrons. The Morgan fingerprint density at radius 1 is 1.22 bits per heavy atom. The maximum atomic E-state index is 12.5. The summed E-state index contributed by atoms with van der Waals surface area (Å²) in [5.74, 6) is 0.608. The molecule has 0 aliphatic carbocycles. The van der Waals surface area contributed by atoms with E-state index >= 15 is 0 Å². The zero-order chi connectivity index (χ0) is 18.8. The number of hydrogen-bond donors (Lipinski definition) is 0. The van der Waals surface area contributed by atoms with Crippen molar-refractivity contribution in [3.63, 3.8) is 0 Å². The van der Waals surface area contributed by atoms with Gasteiger partial charge in [-0.05, 0) is 17.7 Å². The van der Waals surface area contributed by atoms with Crippen molar-refractivity contribution in [3.8, 4) is 11.4 Å². The van der Waals surface area contributed by atoms with Gasteiger partial charge in [0, 0.05) is 30.3 Å². The zero-order valence-electron chi connectivity index (χ0n) is 14.7. The van der Waals surface area contributed by atoms with Gasteiger partial charge in [0.25, 0.3) is 5.56 Å². The van der Waals surface area contributed by atoms with Crippen LogP contribution in [0.1, 0.15) is 11.7 Å². The van der Waals surface area contributed by atoms with Gasteiger partial charge in [-0.25, -0.2) is 15.0 Å². The van der Waals surface area contributed by atoms with Crippen molar-refractivity contribution in [1.29, 1.82) is 0 Å². The molecule has 8 heteroatoms. The minimum absolute atomic E-state index is 0.103. The number of hydrogen-bond acceptors (Lipinski definition) is 6. The maximum absolute atomic E-state index is 12.5. The number of benzene rings is 1. The average molecular weight is 428 g/mol. The van der Waals surface area contributed by atoms with Crippen molar-refractivity contribution >= 4 is 21.9 Å². The molecular formula is C19H18BrN5O2. The molecule has 0 saturated carbocycles. The molecule has 0 spiro atoms. The van der Waals surface area contributed by atoms with Crippen LogP contribution in [0.2, 0.25) is 0 Å². The summed E-state index contributed by atoms with van der Waals surface area (Å²) in [4.78, 5) is 27.4. The Hall–Kier alpha value is -2.58. The van der Waals surface area contributed by atoms with E-state index < -0.39 is 0 Å². The topological polar surface area (TPSA) is 73.1 Å². The smallest absolute Gasteiger partial charge is 0.255 e. The number of rotatable bonds is 3. The van der Waals surface area contributed by atoms with E-state index in [1.54, 1.807) is 23.9 Å². The number of morpholine rings is 1. The van der Waals surface area contributed by atoms with E-state index in [9.17, 15) is 4.79 Å². The molecule has 1 aliphatic heterocycles. The first-order valence-electron chi connectivity index (χ1n) is 8.59. The number of aromatic nitrogens is 4. The van der Waals surface area contributed by atoms with Crippen molar-refractivity contribution in [2.45, 2.75) is 6.10 Å². The highest BCUT2D eigenvalue weighted by Crippen LogP contribution is 2.30. The van der Waals surface area contributed by atoms with Gasteiger partial charge in [0.05, 0.1) is 24.5 Å². The molecular weight excluding hydrogens is 410 g/mol. The highest BCUT2D eigenvalue weighted by molar-refractivity contribution is 9.10. The summed E-state index contributed by atoms with van der Waals surface area (Å²) >= 11 is 3.59. The van der Waals surface area contributed by atoms with Crippen LogP contribution >= 0.6 is 15.9 Å². The SMILES string of the molecule is Cn1c(N2CCO[C@@H](c3ccccc3Br)C2)nc(-c2ccncn2)cc1=O. The lowest BCUT2D eigenvalue weighted by atomic mass is 10.1. The fraction of sp³-hybridized carbons (Fsp3) is 0.263. The standard InChI is InChI=1S/C19H18BrN5O2/c1-24-18(26)10-16(15-6-7-21-12-22-15)23-19(24)25-8-9-27-17(11-25)13-4-2-3-5-14(13)20/h2-7,10,12,17H,8-9,11H2,1H3/t17-/m1/s1. The second-order valence-corrected chi connectivity index (χ2v) is 7.11. The molecule has 3 aromatic rings. The minimum Gasteiger partial charge on any atom is -0.370 e. The van der Waals surface area contributed by atoms with Crippen LogP contribution < -0.4 is 10.5 Å². The Bertz CT molecular complexity index is 1010. The molecule has 1 fully saturated rings. The Balaban J connectivity index is 1.69. The summed E-state index contributed by atoms with van der Waals surface area (Å²) < 4.78 is 8.54. The summed E-state index contributed by atoms with van der Waals surface area (Å²) in [5.41, 5.74) is 2.12. The van der Waals surface area contributed by atoms with Crippen LogP contribution in [0.4, 0.5) is 5.95 Å². The predicted octanol–water partition coefficient (Wildman–Crippen LogP) is 2.58. The number of halogens is 1. The van der Waals surface area contributed by atoms with Gasteiger partial charge in [-0.1, -0.05) is 34.1 Å². The molecule has 2 aromatic heterocycles. The lowest BCUT2D eigenvalue weighted by Gasteiger charge is -2.35. The lowest BCUT2D eigenvalue weighted by molar-refractivity contribution is 0.0385. The third kappa shape index (κ3) is 3.63. The predicted molar refractivity (Wildman–Crippen MR) is 106 cm³/mol. The van der Waals surface area contributed by atoms with Crippen molar-refractivity contribution < 1.29 is 4.74 Å². The fourth-order valence-corrected chi connectivity index (χ4v) is 3.68. The Morgan fingerprint density at radius 3 is 2.85 bits per heavy atom. The second kappa shape index (κ2) is 7.58. The van der Waals surface area contributed by atoms with Gasteiger partial charge < -0.3 is 9.64 Å². The summed E-state index contributed by atoms with van der Waals surface area (Å²) in [7, 11) is 1.73. The van der Waals surface area contributed by atoms with Gasteiger partial charge >= 0.3 is 0 Å². The molecule has 0 amide bonds. The van der Waals surface area contributed by atoms with Crippen molar-refractivity contribution in [2.24, 2.45) is 7.05 Å². The number of ether oxygens (including phenoxy) is 1. The molecule has 1 aliphatic rings. The van der Waals surface area contributed by atoms with E-state index in [2.05, 4.69) is 30.8 Å². The number of nitrogens with zero attached hydrogens (tertiary/aromatic N) is 5. The Kier molecular flexibility index (Phi) is 5.00. The molecule has 0 unspecified atom stereocenters. The van der Waals surface area contributed by atoms with Gasteiger partial charge in [0.1, 0.15) is 12.4 Å². The van der Waals surface area contributed by atoms with Gasteiger partial charge in [-0.15, -0.1) is 0 Å². The molecule has 4 rings (SSSR count). The minimum atomic E-state index is -0.127. The van der Waals surface area contributed by atoms with Gasteiger partial charge in [0.15, 0.2) is 0 Å². The fourth-order valence-electron chi connectivity index (χ4n) is 3.14. The largest absolute Gasteiger partial charge is 0.370 e. The molecule has 138 valence electrons. The van der Waals surface area contributed by atoms with E-state index in [0.29, 0.717) is 37.0 Å². The van der Waals surface area contributed by atoms with Crippen LogP contribution in [0.25, 0.3) is 11.4 Å². The molecule has 1 aromatic carbocycles. The van der Waals surface area contributed by atoms with E-state index in [1.165, 1.54) is 12.4 Å². The van der Waals surface area contributed by atoms with Crippen LogP contribution in [0.3, 0.4) is 0 Å². The van der Waals surface area contributed by atoms with Crippen LogP contribution in [-0.2, 0) is 11.8 Å². The molecule has 1 atom stereocenters. The van der Waals surface area contributed by atoms with E-state index in [4.69, 9.17) is 9.72 Å². The normalized spacial score (nSPS) is 17.1. The average Bonchev–Trinajstić information content (AvgIpc) is 2.71. The summed E-state index contributed by atoms with van der Waals surface area (Å²) in [6, 6.07) is 11.3. The molecule has 3 heterocycles. The first-order chi connectivity index (χ1) is 13.1. The lowest BCUT2D eigenvalue weighted by Crippen LogP contribution is -2.41. The van der Waals surface area contributed by atoms with Crippen LogP contribution in [0.15, 0.2) is 58.2 Å². The molecule has 27 heavy (non-hydrogen) atoms. The van der Waals surface area contributed by atoms with Gasteiger partial charge in [-0.3, -0.25) is 9.36 Å². The monoisotopic (exact) mass is 427 g/mol. The molecule has 0 N–H and O–H groups in total. The molecule has 1 saturated heterocycles. The quantitative estimate of drug-likeness (QED) is 0.639. The highest BCUT2D eigenvalue weighted by Gasteiger charge is 2.26. The zero-order valence-corrected chi connectivity index (χ0v) is 16.3. The summed E-state index contributed by atoms with van der Waals surface area (Å²) in [6.07, 6.45) is 2.99. The highest BCUT2D eigenvalue weighted by atomic mass is 79.9. The van der Waals surface area contributed by atoms with Crippen molar-refractivity contribution in [2.75, 3.05) is 24.6 Å². The third-order valence-electron chi connectivity index (χ3n) is 4.56. The first kappa shape index (κ1) is 17.8. The third-order valence-corrected chi connectivity index (χ3v) is 5.28. The molecule has 7 nitrogen and oxygen atoms in total. The summed E-state index contributed by atoms with van der Waals surface area (Å²) in [6.45, 7) is 1.82. The van der Waals surface area contributed by atoms with Crippen LogP contribution in [-0.4, -0.2) is 39.2 Å². The number of anilines is 1. The van der Waals surface area contributed by atoms with Crippen molar-refractivity contribution in [1.82, 2.24) is 19.5 Å². The van der Waals surface area contributed by atoms with Crippen LogP contribution in [0.5, 0.6) is 0 Å². The van der Waals surface area contributed by atoms with Gasteiger partial charge in [-0.2, -0.15) is 0 Å². The van der Waals surface area contributed by atoms with Crippen LogP contribution in [0, 0.1) is 0 Å². The maximum Gasteiger partial charge on any atom is 0.255 e. The Labute approximate surface area is 164 Å². The second-order valence-electron chi connectivity index (χ2n) is 6.26. The molecule has 0 bridgehead atoms. The Morgan fingerprint density at radius 2 is 2.07 bits per heavy atom. The van der Waals surface area contributed by atoms with Gasteiger partial charge in [0.2, 0.25) is 5.95 Å².